The van der Waals surface area contributed by atoms with Crippen molar-refractivity contribution >= 4 is 11.7 Å². The van der Waals surface area contributed by atoms with Gasteiger partial charge in [-0.05, 0) is 49.8 Å². The molecule has 26 heavy (non-hydrogen) atoms. The lowest BCUT2D eigenvalue weighted by Gasteiger charge is -2.35. The van der Waals surface area contributed by atoms with Crippen LogP contribution in [0.3, 0.4) is 0 Å². The van der Waals surface area contributed by atoms with Crippen LogP contribution in [0.2, 0.25) is 0 Å². The molecule has 5 nitrogen and oxygen atoms in total. The van der Waals surface area contributed by atoms with Crippen molar-refractivity contribution in [2.24, 2.45) is 0 Å². The van der Waals surface area contributed by atoms with E-state index in [9.17, 15) is 4.79 Å². The van der Waals surface area contributed by atoms with Gasteiger partial charge in [-0.2, -0.15) is 5.10 Å². The highest BCUT2D eigenvalue weighted by Crippen LogP contribution is 2.48. The Hall–Kier alpha value is -2.30. The SMILES string of the molecule is CC1(c2ccnn2C2CCN(C(=O)N3CCc4ccccc43)CC2)CC1. The van der Waals surface area contributed by atoms with E-state index in [0.717, 1.165) is 44.6 Å². The second-order valence-electron chi connectivity index (χ2n) is 8.25. The number of urea groups is 1. The number of hydrogen-bond donors (Lipinski definition) is 0. The minimum absolute atomic E-state index is 0.170. The molecular formula is C21H26N4O. The molecule has 1 aromatic heterocycles. The van der Waals surface area contributed by atoms with Crippen LogP contribution in [0, 0.1) is 0 Å². The summed E-state index contributed by atoms with van der Waals surface area (Å²) in [7, 11) is 0. The van der Waals surface area contributed by atoms with Crippen molar-refractivity contribution in [3.8, 4) is 0 Å². The van der Waals surface area contributed by atoms with Crippen LogP contribution < -0.4 is 4.90 Å². The number of rotatable bonds is 2. The minimum atomic E-state index is 0.170. The summed E-state index contributed by atoms with van der Waals surface area (Å²) in [4.78, 5) is 17.0. The standard InChI is InChI=1S/C21H26N4O/c1-21(10-11-21)19-6-12-22-25(19)17-8-13-23(14-9-17)20(26)24-15-7-16-4-2-3-5-18(16)24/h2-6,12,17H,7-11,13-15H2,1H3. The highest BCUT2D eigenvalue weighted by Gasteiger charge is 2.43. The number of piperidine rings is 1. The van der Waals surface area contributed by atoms with Crippen molar-refractivity contribution in [2.45, 2.75) is 50.5 Å². The van der Waals surface area contributed by atoms with Crippen LogP contribution in [0.15, 0.2) is 36.5 Å². The predicted octanol–water partition coefficient (Wildman–Crippen LogP) is 3.75. The molecule has 0 spiro atoms. The topological polar surface area (TPSA) is 41.4 Å². The number of fused-ring (bicyclic) bond motifs is 1. The first-order valence-corrected chi connectivity index (χ1v) is 9.84. The first kappa shape index (κ1) is 15.9. The molecule has 1 aromatic carbocycles. The van der Waals surface area contributed by atoms with Crippen molar-refractivity contribution in [3.05, 3.63) is 47.8 Å². The first-order valence-electron chi connectivity index (χ1n) is 9.84. The third-order valence-corrected chi connectivity index (χ3v) is 6.49. The molecule has 3 heterocycles. The van der Waals surface area contributed by atoms with Gasteiger partial charge in [0.1, 0.15) is 0 Å². The monoisotopic (exact) mass is 350 g/mol. The third kappa shape index (κ3) is 2.52. The zero-order chi connectivity index (χ0) is 17.7. The number of anilines is 1. The summed E-state index contributed by atoms with van der Waals surface area (Å²) in [6.45, 7) is 4.78. The number of nitrogens with zero attached hydrogens (tertiary/aromatic N) is 4. The Morgan fingerprint density at radius 1 is 1.12 bits per heavy atom. The quantitative estimate of drug-likeness (QED) is 0.828. The van der Waals surface area contributed by atoms with Crippen LogP contribution in [0.5, 0.6) is 0 Å². The molecule has 5 rings (SSSR count). The molecule has 5 heteroatoms. The van der Waals surface area contributed by atoms with Crippen LogP contribution in [0.25, 0.3) is 0 Å². The summed E-state index contributed by atoms with van der Waals surface area (Å²) in [5.41, 5.74) is 4.10. The molecule has 0 N–H and O–H groups in total. The van der Waals surface area contributed by atoms with Crippen molar-refractivity contribution < 1.29 is 4.79 Å². The van der Waals surface area contributed by atoms with Crippen molar-refractivity contribution in [1.29, 1.82) is 0 Å². The minimum Gasteiger partial charge on any atom is -0.324 e. The van der Waals surface area contributed by atoms with Gasteiger partial charge in [0.15, 0.2) is 0 Å². The molecule has 0 bridgehead atoms. The van der Waals surface area contributed by atoms with Crippen LogP contribution in [-0.4, -0.2) is 40.3 Å². The molecule has 1 saturated carbocycles. The zero-order valence-corrected chi connectivity index (χ0v) is 15.4. The van der Waals surface area contributed by atoms with Gasteiger partial charge in [-0.3, -0.25) is 9.58 Å². The summed E-state index contributed by atoms with van der Waals surface area (Å²) in [6.07, 6.45) is 7.43. The molecule has 0 atom stereocenters. The number of likely N-dealkylation sites (tertiary alicyclic amines) is 1. The largest absolute Gasteiger partial charge is 0.324 e. The number of aromatic nitrogens is 2. The molecule has 1 saturated heterocycles. The van der Waals surface area contributed by atoms with E-state index in [1.807, 2.05) is 22.1 Å². The van der Waals surface area contributed by atoms with Gasteiger partial charge in [0.05, 0.1) is 6.04 Å². The predicted molar refractivity (Wildman–Crippen MR) is 102 cm³/mol. The van der Waals surface area contributed by atoms with E-state index >= 15 is 0 Å². The van der Waals surface area contributed by atoms with Gasteiger partial charge in [-0.15, -0.1) is 0 Å². The van der Waals surface area contributed by atoms with E-state index < -0.39 is 0 Å². The van der Waals surface area contributed by atoms with Gasteiger partial charge < -0.3 is 4.90 Å². The number of carbonyl (C=O) groups excluding carboxylic acids is 1. The summed E-state index contributed by atoms with van der Waals surface area (Å²) in [5.74, 6) is 0. The third-order valence-electron chi connectivity index (χ3n) is 6.49. The Kier molecular flexibility index (Phi) is 3.59. The molecule has 2 fully saturated rings. The number of amides is 2. The van der Waals surface area contributed by atoms with Gasteiger partial charge >= 0.3 is 6.03 Å². The van der Waals surface area contributed by atoms with Gasteiger partial charge in [-0.1, -0.05) is 25.1 Å². The zero-order valence-electron chi connectivity index (χ0n) is 15.4. The van der Waals surface area contributed by atoms with E-state index in [2.05, 4.69) is 41.0 Å². The fourth-order valence-corrected chi connectivity index (χ4v) is 4.54. The summed E-state index contributed by atoms with van der Waals surface area (Å²) >= 11 is 0. The lowest BCUT2D eigenvalue weighted by Crippen LogP contribution is -2.46. The second kappa shape index (κ2) is 5.86. The Morgan fingerprint density at radius 2 is 1.88 bits per heavy atom. The van der Waals surface area contributed by atoms with Gasteiger partial charge in [-0.25, -0.2) is 4.79 Å². The molecule has 2 aromatic rings. The second-order valence-corrected chi connectivity index (χ2v) is 8.25. The van der Waals surface area contributed by atoms with Crippen molar-refractivity contribution in [3.63, 3.8) is 0 Å². The smallest absolute Gasteiger partial charge is 0.324 e. The summed E-state index contributed by atoms with van der Waals surface area (Å²) < 4.78 is 2.25. The maximum atomic E-state index is 13.0. The highest BCUT2D eigenvalue weighted by molar-refractivity contribution is 5.94. The Labute approximate surface area is 154 Å². The van der Waals surface area contributed by atoms with E-state index in [4.69, 9.17) is 0 Å². The van der Waals surface area contributed by atoms with Crippen LogP contribution in [0.4, 0.5) is 10.5 Å². The van der Waals surface area contributed by atoms with Crippen LogP contribution in [0.1, 0.15) is 49.9 Å². The average Bonchev–Trinajstić information content (AvgIpc) is 3.11. The Bertz CT molecular complexity index is 830. The fraction of sp³-hybridized carbons (Fsp3) is 0.524. The lowest BCUT2D eigenvalue weighted by atomic mass is 10.0. The van der Waals surface area contributed by atoms with Crippen LogP contribution >= 0.6 is 0 Å². The Balaban J connectivity index is 1.27. The molecule has 1 aliphatic carbocycles. The number of carbonyl (C=O) groups is 1. The number of para-hydroxylation sites is 1. The molecule has 2 amide bonds. The van der Waals surface area contributed by atoms with Gasteiger partial charge in [0, 0.05) is 42.6 Å². The lowest BCUT2D eigenvalue weighted by molar-refractivity contribution is 0.173. The Morgan fingerprint density at radius 3 is 2.65 bits per heavy atom. The fourth-order valence-electron chi connectivity index (χ4n) is 4.54. The van der Waals surface area contributed by atoms with E-state index in [1.165, 1.54) is 24.1 Å². The van der Waals surface area contributed by atoms with E-state index in [0.29, 0.717) is 11.5 Å². The van der Waals surface area contributed by atoms with E-state index in [-0.39, 0.29) is 6.03 Å². The van der Waals surface area contributed by atoms with Gasteiger partial charge in [0.25, 0.3) is 0 Å². The van der Waals surface area contributed by atoms with E-state index in [1.54, 1.807) is 0 Å². The summed E-state index contributed by atoms with van der Waals surface area (Å²) in [6, 6.07) is 11.1. The molecular weight excluding hydrogens is 324 g/mol. The summed E-state index contributed by atoms with van der Waals surface area (Å²) in [5, 5.41) is 4.63. The molecule has 0 unspecified atom stereocenters. The maximum absolute atomic E-state index is 13.0. The molecule has 136 valence electrons. The molecule has 2 aliphatic heterocycles. The highest BCUT2D eigenvalue weighted by atomic mass is 16.2. The maximum Gasteiger partial charge on any atom is 0.324 e. The normalized spacial score (nSPS) is 21.7. The van der Waals surface area contributed by atoms with Crippen molar-refractivity contribution in [2.75, 3.05) is 24.5 Å². The first-order chi connectivity index (χ1) is 12.7. The number of hydrogen-bond acceptors (Lipinski definition) is 2. The van der Waals surface area contributed by atoms with Crippen LogP contribution in [-0.2, 0) is 11.8 Å². The van der Waals surface area contributed by atoms with Gasteiger partial charge in [0.2, 0.25) is 0 Å². The number of benzene rings is 1. The molecule has 0 radical (unpaired) electrons. The average molecular weight is 350 g/mol. The molecule has 3 aliphatic rings. The van der Waals surface area contributed by atoms with Crippen molar-refractivity contribution in [1.82, 2.24) is 14.7 Å².